The van der Waals surface area contributed by atoms with Crippen LogP contribution in [-0.2, 0) is 0 Å². The number of aliphatic hydroxyl groups is 1. The van der Waals surface area contributed by atoms with Gasteiger partial charge in [0.15, 0.2) is 0 Å². The average Bonchev–Trinajstić information content (AvgIpc) is 2.33. The molecule has 0 aromatic carbocycles. The first kappa shape index (κ1) is 18.0. The lowest BCUT2D eigenvalue weighted by Crippen LogP contribution is -2.46. The van der Waals surface area contributed by atoms with Crippen LogP contribution in [0.2, 0.25) is 0 Å². The fraction of sp³-hybridized carbons (Fsp3) is 1.00. The second kappa shape index (κ2) is 10.9. The number of nitrogens with one attached hydrogen (secondary N) is 1. The van der Waals surface area contributed by atoms with E-state index in [9.17, 15) is 5.11 Å². The fourth-order valence-corrected chi connectivity index (χ4v) is 2.40. The van der Waals surface area contributed by atoms with Gasteiger partial charge in [-0.1, -0.05) is 58.8 Å². The number of aliphatic hydroxyl groups excluding tert-OH is 1. The molecule has 0 amide bonds. The summed E-state index contributed by atoms with van der Waals surface area (Å²) in [5.74, 6) is 0. The zero-order valence-corrected chi connectivity index (χ0v) is 13.1. The zero-order valence-electron chi connectivity index (χ0n) is 13.1. The topological polar surface area (TPSA) is 32.3 Å². The molecule has 0 aliphatic heterocycles. The Labute approximate surface area is 115 Å². The minimum Gasteiger partial charge on any atom is -0.401 e. The zero-order chi connectivity index (χ0) is 13.9. The molecule has 18 heavy (non-hydrogen) atoms. The first-order chi connectivity index (χ1) is 8.54. The Balaban J connectivity index is 4.03. The molecule has 0 aliphatic carbocycles. The smallest absolute Gasteiger partial charge is 0.140 e. The highest BCUT2D eigenvalue weighted by Gasteiger charge is 2.22. The van der Waals surface area contributed by atoms with Gasteiger partial charge in [-0.05, 0) is 19.8 Å². The Morgan fingerprint density at radius 3 is 2.00 bits per heavy atom. The first-order valence-electron chi connectivity index (χ1n) is 7.97. The van der Waals surface area contributed by atoms with Crippen LogP contribution in [0, 0.1) is 0 Å². The third-order valence-corrected chi connectivity index (χ3v) is 3.74. The van der Waals surface area contributed by atoms with Gasteiger partial charge in [-0.25, -0.2) is 0 Å². The molecule has 2 nitrogen and oxygen atoms in total. The van der Waals surface area contributed by atoms with Gasteiger partial charge < -0.3 is 10.4 Å². The van der Waals surface area contributed by atoms with Crippen LogP contribution in [0.1, 0.15) is 78.6 Å². The number of hydrogen-bond acceptors (Lipinski definition) is 2. The summed E-state index contributed by atoms with van der Waals surface area (Å²) in [6, 6.07) is -0.244. The Morgan fingerprint density at radius 2 is 1.50 bits per heavy atom. The molecular formula is C15H34BNO. The van der Waals surface area contributed by atoms with E-state index in [2.05, 4.69) is 26.1 Å². The summed E-state index contributed by atoms with van der Waals surface area (Å²) in [5.41, 5.74) is 0.222. The average molecular weight is 255 g/mol. The molecule has 3 heteroatoms. The van der Waals surface area contributed by atoms with Crippen LogP contribution in [0.25, 0.3) is 0 Å². The monoisotopic (exact) mass is 255 g/mol. The molecule has 0 rings (SSSR count). The van der Waals surface area contributed by atoms with Gasteiger partial charge in [-0.15, -0.1) is 0 Å². The summed E-state index contributed by atoms with van der Waals surface area (Å²) in [6.45, 7) is 7.56. The summed E-state index contributed by atoms with van der Waals surface area (Å²) >= 11 is 0. The molecule has 0 aromatic rings. The van der Waals surface area contributed by atoms with E-state index in [0.717, 1.165) is 6.54 Å². The van der Waals surface area contributed by atoms with Crippen molar-refractivity contribution in [3.63, 3.8) is 0 Å². The maximum atomic E-state index is 9.43. The molecule has 0 bridgehead atoms. The van der Waals surface area contributed by atoms with Crippen molar-refractivity contribution in [2.24, 2.45) is 0 Å². The van der Waals surface area contributed by atoms with Crippen LogP contribution in [-0.4, -0.2) is 31.0 Å². The number of rotatable bonds is 12. The number of β-amino-alcohol motifs (C(OH)–C–C–N with tert-alkyl or cyclic N) is 1. The number of hydrogen-bond donors (Lipinski definition) is 2. The normalized spacial score (nSPS) is 16.4. The maximum absolute atomic E-state index is 9.43. The van der Waals surface area contributed by atoms with E-state index >= 15 is 0 Å². The molecule has 0 saturated carbocycles. The van der Waals surface area contributed by atoms with E-state index in [4.69, 9.17) is 0 Å². The van der Waals surface area contributed by atoms with Crippen molar-refractivity contribution in [1.82, 2.24) is 5.32 Å². The second-order valence-electron chi connectivity index (χ2n) is 6.06. The van der Waals surface area contributed by atoms with E-state index < -0.39 is 0 Å². The van der Waals surface area contributed by atoms with Crippen molar-refractivity contribution in [2.75, 3.05) is 6.54 Å². The van der Waals surface area contributed by atoms with E-state index in [1.54, 1.807) is 0 Å². The Morgan fingerprint density at radius 1 is 1.00 bits per heavy atom. The van der Waals surface area contributed by atoms with Gasteiger partial charge in [-0.3, -0.25) is 0 Å². The fourth-order valence-electron chi connectivity index (χ4n) is 2.40. The lowest BCUT2D eigenvalue weighted by atomic mass is 9.87. The van der Waals surface area contributed by atoms with Crippen LogP contribution in [0.3, 0.4) is 0 Å². The highest BCUT2D eigenvalue weighted by atomic mass is 16.3. The molecule has 0 spiro atoms. The Kier molecular flexibility index (Phi) is 10.9. The van der Waals surface area contributed by atoms with Gasteiger partial charge in [-0.2, -0.15) is 0 Å². The second-order valence-corrected chi connectivity index (χ2v) is 6.06. The molecule has 0 heterocycles. The van der Waals surface area contributed by atoms with Crippen LogP contribution in [0.4, 0.5) is 0 Å². The van der Waals surface area contributed by atoms with Gasteiger partial charge in [0.25, 0.3) is 0 Å². The van der Waals surface area contributed by atoms with E-state index in [1.807, 2.05) is 7.85 Å². The van der Waals surface area contributed by atoms with Crippen molar-refractivity contribution in [2.45, 2.75) is 90.1 Å². The highest BCUT2D eigenvalue weighted by molar-refractivity contribution is 6.10. The molecule has 0 aromatic heterocycles. The maximum Gasteiger partial charge on any atom is 0.140 e. The summed E-state index contributed by atoms with van der Waals surface area (Å²) in [6.07, 6.45) is 11.7. The molecule has 0 saturated heterocycles. The summed E-state index contributed by atoms with van der Waals surface area (Å²) in [4.78, 5) is 0. The molecule has 0 aliphatic rings. The minimum absolute atomic E-state index is 0.222. The van der Waals surface area contributed by atoms with E-state index in [1.165, 1.54) is 57.8 Å². The largest absolute Gasteiger partial charge is 0.401 e. The quantitative estimate of drug-likeness (QED) is 0.415. The summed E-state index contributed by atoms with van der Waals surface area (Å²) in [5, 5.41) is 13.0. The van der Waals surface area contributed by atoms with Gasteiger partial charge >= 0.3 is 0 Å². The van der Waals surface area contributed by atoms with Crippen molar-refractivity contribution >= 4 is 7.85 Å². The predicted molar refractivity (Wildman–Crippen MR) is 83.9 cm³/mol. The van der Waals surface area contributed by atoms with Crippen LogP contribution >= 0.6 is 0 Å². The third kappa shape index (κ3) is 9.96. The van der Waals surface area contributed by atoms with Crippen molar-refractivity contribution in [1.29, 1.82) is 0 Å². The molecular weight excluding hydrogens is 221 g/mol. The molecule has 0 radical (unpaired) electrons. The van der Waals surface area contributed by atoms with E-state index in [0.29, 0.717) is 0 Å². The predicted octanol–water partition coefficient (Wildman–Crippen LogP) is 2.84. The van der Waals surface area contributed by atoms with Gasteiger partial charge in [0, 0.05) is 18.1 Å². The Bertz CT molecular complexity index is 187. The number of unbranched alkanes of at least 4 members (excludes halogenated alkanes) is 5. The van der Waals surface area contributed by atoms with Crippen LogP contribution in [0.15, 0.2) is 0 Å². The summed E-state index contributed by atoms with van der Waals surface area (Å²) < 4.78 is 0. The molecule has 2 atom stereocenters. The van der Waals surface area contributed by atoms with Crippen LogP contribution < -0.4 is 5.32 Å². The van der Waals surface area contributed by atoms with Gasteiger partial charge in [0.05, 0.1) is 0 Å². The SMILES string of the molecule is BC(O)CNC(C)(CCCCC)CCCCCC. The van der Waals surface area contributed by atoms with Crippen molar-refractivity contribution < 1.29 is 5.11 Å². The molecule has 108 valence electrons. The van der Waals surface area contributed by atoms with Crippen molar-refractivity contribution in [3.8, 4) is 0 Å². The lowest BCUT2D eigenvalue weighted by molar-refractivity contribution is 0.210. The summed E-state index contributed by atoms with van der Waals surface area (Å²) in [7, 11) is 1.86. The van der Waals surface area contributed by atoms with Crippen LogP contribution in [0.5, 0.6) is 0 Å². The van der Waals surface area contributed by atoms with Gasteiger partial charge in [0.2, 0.25) is 0 Å². The first-order valence-corrected chi connectivity index (χ1v) is 7.97. The van der Waals surface area contributed by atoms with E-state index in [-0.39, 0.29) is 11.5 Å². The van der Waals surface area contributed by atoms with Gasteiger partial charge in [0.1, 0.15) is 7.85 Å². The lowest BCUT2D eigenvalue weighted by Gasteiger charge is -2.32. The molecule has 2 N–H and O–H groups in total. The molecule has 2 unspecified atom stereocenters. The standard InChI is InChI=1S/C15H34BNO/c1-4-6-8-10-12-15(3,11-9-7-5-2)17-13-14(16)18/h14,17-18H,4-13,16H2,1-3H3. The molecule has 0 fully saturated rings. The third-order valence-electron chi connectivity index (χ3n) is 3.74. The minimum atomic E-state index is -0.244. The highest BCUT2D eigenvalue weighted by Crippen LogP contribution is 2.22. The Hall–Kier alpha value is -0.0151. The van der Waals surface area contributed by atoms with Crippen molar-refractivity contribution in [3.05, 3.63) is 0 Å².